The third kappa shape index (κ3) is 5.76. The van der Waals surface area contributed by atoms with E-state index in [1.807, 2.05) is 0 Å². The van der Waals surface area contributed by atoms with Crippen LogP contribution < -0.4 is 16.1 Å². The van der Waals surface area contributed by atoms with Crippen LogP contribution in [0.15, 0.2) is 30.3 Å². The molecule has 0 aromatic heterocycles. The Balaban J connectivity index is 1.35. The average Bonchev–Trinajstić information content (AvgIpc) is 3.22. The molecule has 10 heteroatoms. The van der Waals surface area contributed by atoms with Gasteiger partial charge in [-0.3, -0.25) is 19.6 Å². The second-order valence-corrected chi connectivity index (χ2v) is 11.8. The Kier molecular flexibility index (Phi) is 7.83. The maximum absolute atomic E-state index is 12.9. The minimum absolute atomic E-state index is 0.0218. The molecule has 4 aliphatic rings. The van der Waals surface area contributed by atoms with E-state index in [0.29, 0.717) is 35.3 Å². The number of carbonyl (C=O) groups excluding carboxylic acids is 3. The van der Waals surface area contributed by atoms with Gasteiger partial charge in [0.2, 0.25) is 5.91 Å². The van der Waals surface area contributed by atoms with E-state index in [4.69, 9.17) is 14.5 Å². The van der Waals surface area contributed by atoms with E-state index in [1.165, 1.54) is 18.0 Å². The van der Waals surface area contributed by atoms with Crippen LogP contribution >= 0.6 is 0 Å². The Morgan fingerprint density at radius 3 is 2.68 bits per heavy atom. The van der Waals surface area contributed by atoms with Crippen molar-refractivity contribution in [3.63, 3.8) is 0 Å². The number of hydrogen-bond donors (Lipinski definition) is 4. The van der Waals surface area contributed by atoms with Gasteiger partial charge in [0.05, 0.1) is 24.2 Å². The Bertz CT molecular complexity index is 1080. The summed E-state index contributed by atoms with van der Waals surface area (Å²) >= 11 is 0. The Morgan fingerprint density at radius 2 is 2.00 bits per heavy atom. The van der Waals surface area contributed by atoms with E-state index >= 15 is 0 Å². The Morgan fingerprint density at radius 1 is 1.24 bits per heavy atom. The molecule has 1 aromatic rings. The lowest BCUT2D eigenvalue weighted by atomic mass is 9.45. The highest BCUT2D eigenvalue weighted by atomic mass is 16.7. The van der Waals surface area contributed by atoms with Crippen LogP contribution in [0, 0.1) is 23.2 Å². The minimum Gasteiger partial charge on any atom is -0.404 e. The van der Waals surface area contributed by atoms with E-state index in [-0.39, 0.29) is 35.5 Å². The van der Waals surface area contributed by atoms with Gasteiger partial charge in [-0.1, -0.05) is 39.8 Å². The van der Waals surface area contributed by atoms with Crippen molar-refractivity contribution in [2.24, 2.45) is 23.2 Å². The number of amides is 3. The van der Waals surface area contributed by atoms with Gasteiger partial charge in [0.15, 0.2) is 0 Å². The fourth-order valence-electron chi connectivity index (χ4n) is 6.18. The Hall–Kier alpha value is -2.69. The SMILES string of the molecule is CC(C)C[C@H](NC(=O)CNC(=O)c1cccc(/C=C/C(=O)NO)c1)B1OC2[C@@H]3CC(C[C@]2(C)O1)C3(C)C. The van der Waals surface area contributed by atoms with Crippen molar-refractivity contribution in [1.82, 2.24) is 16.1 Å². The number of hydrogen-bond acceptors (Lipinski definition) is 6. The molecule has 1 aromatic carbocycles. The molecular weight excluding hydrogens is 473 g/mol. The second-order valence-electron chi connectivity index (χ2n) is 11.8. The van der Waals surface area contributed by atoms with Gasteiger partial charge in [0, 0.05) is 11.6 Å². The first-order valence-electron chi connectivity index (χ1n) is 13.1. The number of nitrogens with one attached hydrogen (secondary N) is 3. The molecule has 3 aliphatic carbocycles. The van der Waals surface area contributed by atoms with E-state index < -0.39 is 18.9 Å². The van der Waals surface area contributed by atoms with Crippen LogP contribution in [-0.2, 0) is 18.9 Å². The van der Waals surface area contributed by atoms with Crippen LogP contribution in [0.25, 0.3) is 6.08 Å². The molecule has 0 spiro atoms. The molecule has 0 radical (unpaired) electrons. The molecule has 2 bridgehead atoms. The molecule has 3 amide bonds. The van der Waals surface area contributed by atoms with Crippen LogP contribution in [0.3, 0.4) is 0 Å². The third-order valence-electron chi connectivity index (χ3n) is 8.33. The molecule has 1 aliphatic heterocycles. The zero-order valence-electron chi connectivity index (χ0n) is 22.2. The maximum Gasteiger partial charge on any atom is 0.481 e. The number of rotatable bonds is 9. The van der Waals surface area contributed by atoms with E-state index in [0.717, 1.165) is 12.5 Å². The predicted octanol–water partition coefficient (Wildman–Crippen LogP) is 2.73. The molecule has 1 heterocycles. The summed E-state index contributed by atoms with van der Waals surface area (Å²) in [6.45, 7) is 10.8. The van der Waals surface area contributed by atoms with Gasteiger partial charge in [0.1, 0.15) is 0 Å². The number of hydroxylamine groups is 1. The summed E-state index contributed by atoms with van der Waals surface area (Å²) in [4.78, 5) is 36.7. The first-order valence-corrected chi connectivity index (χ1v) is 13.1. The molecule has 37 heavy (non-hydrogen) atoms. The fraction of sp³-hybridized carbons (Fsp3) is 0.593. The van der Waals surface area contributed by atoms with Crippen molar-refractivity contribution in [2.45, 2.75) is 71.5 Å². The van der Waals surface area contributed by atoms with Crippen LogP contribution in [0.2, 0.25) is 0 Å². The van der Waals surface area contributed by atoms with Gasteiger partial charge in [-0.2, -0.15) is 0 Å². The van der Waals surface area contributed by atoms with Gasteiger partial charge in [-0.05, 0) is 73.1 Å². The summed E-state index contributed by atoms with van der Waals surface area (Å²) in [5, 5.41) is 14.3. The monoisotopic (exact) mass is 511 g/mol. The van der Waals surface area contributed by atoms with E-state index in [9.17, 15) is 14.4 Å². The van der Waals surface area contributed by atoms with Gasteiger partial charge < -0.3 is 19.9 Å². The first-order chi connectivity index (χ1) is 17.4. The highest BCUT2D eigenvalue weighted by Gasteiger charge is 2.67. The summed E-state index contributed by atoms with van der Waals surface area (Å²) in [6.07, 6.45) is 5.47. The molecular formula is C27H38BN3O6. The fourth-order valence-corrected chi connectivity index (χ4v) is 6.18. The molecule has 1 saturated heterocycles. The summed E-state index contributed by atoms with van der Waals surface area (Å²) in [7, 11) is -0.521. The smallest absolute Gasteiger partial charge is 0.404 e. The highest BCUT2D eigenvalue weighted by molar-refractivity contribution is 6.47. The van der Waals surface area contributed by atoms with Crippen molar-refractivity contribution in [3.05, 3.63) is 41.5 Å². The average molecular weight is 511 g/mol. The zero-order chi connectivity index (χ0) is 27.0. The summed E-state index contributed by atoms with van der Waals surface area (Å²) in [5.41, 5.74) is 2.37. The van der Waals surface area contributed by atoms with E-state index in [2.05, 4.69) is 45.3 Å². The van der Waals surface area contributed by atoms with Crippen molar-refractivity contribution >= 4 is 30.9 Å². The van der Waals surface area contributed by atoms with Gasteiger partial charge in [-0.25, -0.2) is 5.48 Å². The minimum atomic E-state index is -0.674. The van der Waals surface area contributed by atoms with Gasteiger partial charge in [-0.15, -0.1) is 0 Å². The Labute approximate surface area is 218 Å². The molecule has 3 saturated carbocycles. The molecule has 5 rings (SSSR count). The molecule has 200 valence electrons. The van der Waals surface area contributed by atoms with Crippen LogP contribution in [0.1, 0.15) is 69.8 Å². The van der Waals surface area contributed by atoms with Crippen molar-refractivity contribution in [2.75, 3.05) is 6.54 Å². The largest absolute Gasteiger partial charge is 0.481 e. The molecule has 5 atom stereocenters. The van der Waals surface area contributed by atoms with Crippen LogP contribution in [0.4, 0.5) is 0 Å². The number of benzene rings is 1. The van der Waals surface area contributed by atoms with Crippen LogP contribution in [-0.4, -0.2) is 54.2 Å². The topological polar surface area (TPSA) is 126 Å². The van der Waals surface area contributed by atoms with Crippen molar-refractivity contribution in [1.29, 1.82) is 0 Å². The summed E-state index contributed by atoms with van der Waals surface area (Å²) < 4.78 is 13.0. The predicted molar refractivity (Wildman–Crippen MR) is 139 cm³/mol. The quantitative estimate of drug-likeness (QED) is 0.175. The van der Waals surface area contributed by atoms with Crippen LogP contribution in [0.5, 0.6) is 0 Å². The van der Waals surface area contributed by atoms with Gasteiger partial charge in [0.25, 0.3) is 11.8 Å². The lowest BCUT2D eigenvalue weighted by Gasteiger charge is -2.63. The lowest BCUT2D eigenvalue weighted by molar-refractivity contribution is -0.185. The highest BCUT2D eigenvalue weighted by Crippen LogP contribution is 2.64. The standard InChI is InChI=1S/C27H38BN3O6/c1-16(2)11-21(28-36-24-20-13-19(26(20,3)4)14-27(24,5)37-28)30-23(33)15-29-25(34)18-8-6-7-17(12-18)9-10-22(32)31-35/h6-10,12,16,19-21,24,35H,11,13-15H2,1-5H3,(H,29,34)(H,30,33)(H,31,32)/b10-9+/t19?,20-,21-,24?,27-/m0/s1. The molecule has 4 fully saturated rings. The third-order valence-corrected chi connectivity index (χ3v) is 8.33. The van der Waals surface area contributed by atoms with Crippen molar-refractivity contribution in [3.8, 4) is 0 Å². The summed E-state index contributed by atoms with van der Waals surface area (Å²) in [6, 6.07) is 6.59. The first kappa shape index (κ1) is 27.4. The second kappa shape index (κ2) is 10.6. The number of carbonyl (C=O) groups is 3. The normalized spacial score (nSPS) is 28.4. The lowest BCUT2D eigenvalue weighted by Crippen LogP contribution is -2.63. The molecule has 2 unspecified atom stereocenters. The summed E-state index contributed by atoms with van der Waals surface area (Å²) in [5.74, 6) is -0.311. The maximum atomic E-state index is 12.9. The zero-order valence-corrected chi connectivity index (χ0v) is 22.2. The molecule has 9 nitrogen and oxygen atoms in total. The van der Waals surface area contributed by atoms with Gasteiger partial charge >= 0.3 is 7.12 Å². The molecule has 4 N–H and O–H groups in total. The van der Waals surface area contributed by atoms with E-state index in [1.54, 1.807) is 24.3 Å². The van der Waals surface area contributed by atoms with Crippen molar-refractivity contribution < 1.29 is 28.9 Å².